The molecule has 342 valence electrons. The number of fused-ring (bicyclic) bond motifs is 4. The zero-order chi connectivity index (χ0) is 45.7. The number of nitrogens with zero attached hydrogens (tertiary/aromatic N) is 9. The fourth-order valence-corrected chi connectivity index (χ4v) is 9.83. The number of piperazine rings is 1. The number of nitrogens with one attached hydrogen (secondary N) is 3. The Bertz CT molecular complexity index is 2790. The average Bonchev–Trinajstić information content (AvgIpc) is 3.95. The number of hydrogen-bond acceptors (Lipinski definition) is 13. The van der Waals surface area contributed by atoms with Gasteiger partial charge < -0.3 is 29.4 Å². The average molecular weight is 893 g/mol. The van der Waals surface area contributed by atoms with Crippen LogP contribution in [0.1, 0.15) is 86.2 Å². The predicted octanol–water partition coefficient (Wildman–Crippen LogP) is 6.55. The van der Waals surface area contributed by atoms with Crippen LogP contribution in [0.2, 0.25) is 0 Å². The van der Waals surface area contributed by atoms with Gasteiger partial charge in [-0.15, -0.1) is 0 Å². The number of urea groups is 1. The highest BCUT2D eigenvalue weighted by Gasteiger charge is 2.34. The molecule has 3 saturated heterocycles. The van der Waals surface area contributed by atoms with Crippen molar-refractivity contribution in [3.8, 4) is 22.5 Å². The molecule has 0 bridgehead atoms. The molecule has 0 saturated carbocycles. The second-order valence-electron chi connectivity index (χ2n) is 19.1. The molecule has 4 amide bonds. The van der Waals surface area contributed by atoms with E-state index in [0.29, 0.717) is 37.9 Å². The smallest absolute Gasteiger partial charge is 0.328 e. The standard InChI is InChI=1S/C49H56N12O5/c1-29-20-32(6-9-37(29)30(2)53-45(63)46-56-47(57-66-46)49(3,4)5)43-38-22-39(54-44(38)52-28-51-43)33-7-11-41(50-23-33)59-15-12-31(13-16-59)24-58-18-19-60-36(25-58)27-65-26-34-21-35(8-10-40(34)60)61-17-14-42(62)55-48(61)64/h6-11,20-23,28,30-31,36H,12-19,24-27H2,1-5H3,(H,53,63)(H,51,52,54)(H,55,62,64)/t30-,36-/m1/s1. The molecule has 0 aliphatic carbocycles. The summed E-state index contributed by atoms with van der Waals surface area (Å²) >= 11 is 0. The minimum Gasteiger partial charge on any atom is -0.375 e. The van der Waals surface area contributed by atoms with Crippen molar-refractivity contribution >= 4 is 46.1 Å². The second kappa shape index (κ2) is 17.6. The Kier molecular flexibility index (Phi) is 11.5. The monoisotopic (exact) mass is 892 g/mol. The van der Waals surface area contributed by atoms with Crippen LogP contribution >= 0.6 is 0 Å². The van der Waals surface area contributed by atoms with Crippen molar-refractivity contribution in [3.05, 3.63) is 95.5 Å². The van der Waals surface area contributed by atoms with Crippen LogP contribution in [0.3, 0.4) is 0 Å². The molecule has 2 atom stereocenters. The molecular weight excluding hydrogens is 837 g/mol. The molecule has 3 N–H and O–H groups in total. The van der Waals surface area contributed by atoms with E-state index in [1.165, 1.54) is 5.69 Å². The fraction of sp³-hybridized carbons (Fsp3) is 0.429. The van der Waals surface area contributed by atoms with Gasteiger partial charge in [-0.1, -0.05) is 38.1 Å². The number of anilines is 3. The van der Waals surface area contributed by atoms with Crippen molar-refractivity contribution in [2.24, 2.45) is 5.92 Å². The Labute approximate surface area is 383 Å². The van der Waals surface area contributed by atoms with Crippen LogP contribution in [0.25, 0.3) is 33.5 Å². The summed E-state index contributed by atoms with van der Waals surface area (Å²) in [6, 6.07) is 18.2. The summed E-state index contributed by atoms with van der Waals surface area (Å²) in [5.41, 5.74) is 9.11. The van der Waals surface area contributed by atoms with E-state index in [2.05, 4.69) is 75.8 Å². The summed E-state index contributed by atoms with van der Waals surface area (Å²) in [7, 11) is 0. The first-order valence-electron chi connectivity index (χ1n) is 23.0. The van der Waals surface area contributed by atoms with Crippen LogP contribution in [0.15, 0.2) is 71.6 Å². The highest BCUT2D eigenvalue weighted by atomic mass is 16.5. The van der Waals surface area contributed by atoms with Crippen molar-refractivity contribution in [2.45, 2.75) is 78.0 Å². The summed E-state index contributed by atoms with van der Waals surface area (Å²) in [4.78, 5) is 68.2. The van der Waals surface area contributed by atoms with Crippen molar-refractivity contribution < 1.29 is 23.6 Å². The number of pyridine rings is 1. The van der Waals surface area contributed by atoms with Crippen molar-refractivity contribution in [1.82, 2.24) is 45.6 Å². The van der Waals surface area contributed by atoms with E-state index in [9.17, 15) is 14.4 Å². The zero-order valence-electron chi connectivity index (χ0n) is 38.1. The van der Waals surface area contributed by atoms with Gasteiger partial charge in [0.05, 0.1) is 31.0 Å². The minimum absolute atomic E-state index is 0.0511. The summed E-state index contributed by atoms with van der Waals surface area (Å²) in [5, 5.41) is 10.3. The van der Waals surface area contributed by atoms with E-state index in [1.54, 1.807) is 11.2 Å². The molecule has 17 nitrogen and oxygen atoms in total. The molecular formula is C49H56N12O5. The number of carbonyl (C=O) groups excluding carboxylic acids is 3. The lowest BCUT2D eigenvalue weighted by Gasteiger charge is -2.44. The normalized spacial score (nSPS) is 19.0. The van der Waals surface area contributed by atoms with Gasteiger partial charge >= 0.3 is 17.8 Å². The van der Waals surface area contributed by atoms with Crippen molar-refractivity contribution in [2.75, 3.05) is 67.1 Å². The number of rotatable bonds is 9. The number of aromatic nitrogens is 6. The van der Waals surface area contributed by atoms with Crippen molar-refractivity contribution in [1.29, 1.82) is 0 Å². The first-order valence-corrected chi connectivity index (χ1v) is 23.0. The van der Waals surface area contributed by atoms with Gasteiger partial charge in [0.1, 0.15) is 17.8 Å². The molecule has 8 heterocycles. The van der Waals surface area contributed by atoms with Gasteiger partial charge in [0.25, 0.3) is 0 Å². The van der Waals surface area contributed by atoms with E-state index in [-0.39, 0.29) is 35.3 Å². The third-order valence-electron chi connectivity index (χ3n) is 13.5. The maximum atomic E-state index is 13.0. The van der Waals surface area contributed by atoms with E-state index in [4.69, 9.17) is 19.2 Å². The number of benzene rings is 2. The number of piperidine rings is 1. The van der Waals surface area contributed by atoms with Crippen LogP contribution in [0.4, 0.5) is 22.0 Å². The van der Waals surface area contributed by atoms with Crippen LogP contribution in [0, 0.1) is 12.8 Å². The van der Waals surface area contributed by atoms with E-state index in [1.807, 2.05) is 65.1 Å². The van der Waals surface area contributed by atoms with Crippen molar-refractivity contribution in [3.63, 3.8) is 0 Å². The molecule has 0 unspecified atom stereocenters. The first-order chi connectivity index (χ1) is 31.8. The van der Waals surface area contributed by atoms with Crippen LogP contribution in [0.5, 0.6) is 0 Å². The molecule has 0 spiro atoms. The van der Waals surface area contributed by atoms with Crippen LogP contribution in [-0.2, 0) is 21.6 Å². The maximum Gasteiger partial charge on any atom is 0.328 e. The fourth-order valence-electron chi connectivity index (χ4n) is 9.83. The second-order valence-corrected chi connectivity index (χ2v) is 19.1. The molecule has 4 aliphatic rings. The zero-order valence-corrected chi connectivity index (χ0v) is 38.1. The minimum atomic E-state index is -0.412. The van der Waals surface area contributed by atoms with E-state index in [0.717, 1.165) is 114 Å². The Morgan fingerprint density at radius 1 is 0.955 bits per heavy atom. The number of hydrogen-bond donors (Lipinski definition) is 3. The Hall–Kier alpha value is -6.72. The van der Waals surface area contributed by atoms with Gasteiger partial charge in [0.15, 0.2) is 5.82 Å². The predicted molar refractivity (Wildman–Crippen MR) is 250 cm³/mol. The van der Waals surface area contributed by atoms with Crippen LogP contribution in [-0.4, -0.2) is 111 Å². The molecule has 6 aromatic rings. The molecule has 3 fully saturated rings. The lowest BCUT2D eigenvalue weighted by atomic mass is 9.95. The quantitative estimate of drug-likeness (QED) is 0.142. The number of ether oxygens (including phenoxy) is 1. The summed E-state index contributed by atoms with van der Waals surface area (Å²) < 4.78 is 11.5. The number of aromatic amines is 1. The Morgan fingerprint density at radius 3 is 2.55 bits per heavy atom. The summed E-state index contributed by atoms with van der Waals surface area (Å²) in [6.07, 6.45) is 6.04. The number of imide groups is 1. The molecule has 66 heavy (non-hydrogen) atoms. The number of amides is 4. The largest absolute Gasteiger partial charge is 0.375 e. The number of carbonyl (C=O) groups is 3. The SMILES string of the molecule is Cc1cc(-c2ncnc3[nH]c(-c4ccc(N5CCC(CN6CCN7c8ccc(N9CCC(=O)NC9=O)cc8COC[C@H]7C6)CC5)nc4)cc23)ccc1[C@@H](C)NC(=O)c1nc(C(C)(C)C)no1. The third-order valence-corrected chi connectivity index (χ3v) is 13.5. The molecule has 10 rings (SSSR count). The third kappa shape index (κ3) is 8.72. The number of H-pyrrole nitrogens is 1. The summed E-state index contributed by atoms with van der Waals surface area (Å²) in [5.74, 6) is 1.39. The van der Waals surface area contributed by atoms with Gasteiger partial charge in [-0.3, -0.25) is 24.7 Å². The van der Waals surface area contributed by atoms with E-state index < -0.39 is 5.91 Å². The van der Waals surface area contributed by atoms with E-state index >= 15 is 0 Å². The molecule has 17 heteroatoms. The first kappa shape index (κ1) is 43.2. The van der Waals surface area contributed by atoms with Gasteiger partial charge in [0.2, 0.25) is 5.91 Å². The van der Waals surface area contributed by atoms with Gasteiger partial charge in [-0.05, 0) is 86.2 Å². The lowest BCUT2D eigenvalue weighted by molar-refractivity contribution is -0.120. The van der Waals surface area contributed by atoms with Gasteiger partial charge in [0, 0.05) is 103 Å². The molecule has 0 radical (unpaired) electrons. The summed E-state index contributed by atoms with van der Waals surface area (Å²) in [6.45, 7) is 17.3. The van der Waals surface area contributed by atoms with Gasteiger partial charge in [-0.25, -0.2) is 19.7 Å². The molecule has 2 aromatic carbocycles. The topological polar surface area (TPSA) is 191 Å². The van der Waals surface area contributed by atoms with Gasteiger partial charge in [-0.2, -0.15) is 4.98 Å². The van der Waals surface area contributed by atoms with Crippen LogP contribution < -0.4 is 25.3 Å². The number of aryl methyl sites for hydroxylation is 1. The molecule has 4 aromatic heterocycles. The highest BCUT2D eigenvalue weighted by molar-refractivity contribution is 6.05. The Balaban J connectivity index is 0.735. The molecule has 4 aliphatic heterocycles. The highest BCUT2D eigenvalue weighted by Crippen LogP contribution is 2.35. The maximum absolute atomic E-state index is 13.0. The Morgan fingerprint density at radius 2 is 1.79 bits per heavy atom. The lowest BCUT2D eigenvalue weighted by Crippen LogP contribution is -2.56.